The van der Waals surface area contributed by atoms with Gasteiger partial charge in [0, 0.05) is 0 Å². The highest BCUT2D eigenvalue weighted by Gasteiger charge is 2.30. The van der Waals surface area contributed by atoms with Crippen LogP contribution in [0.1, 0.15) is 101 Å². The van der Waals surface area contributed by atoms with Crippen LogP contribution in [-0.2, 0) is 28.7 Å². The van der Waals surface area contributed by atoms with Crippen molar-refractivity contribution in [2.24, 2.45) is 11.8 Å². The summed E-state index contributed by atoms with van der Waals surface area (Å²) in [6, 6.07) is 0.607. The number of aromatic nitrogens is 1. The van der Waals surface area contributed by atoms with Crippen molar-refractivity contribution in [2.45, 2.75) is 104 Å². The molecular weight excluding hydrogens is 570 g/mol. The fourth-order valence-corrected chi connectivity index (χ4v) is 4.46. The topological polar surface area (TPSA) is 182 Å². The van der Waals surface area contributed by atoms with Gasteiger partial charge in [-0.2, -0.15) is 0 Å². The first-order chi connectivity index (χ1) is 20.8. The molecule has 0 fully saturated rings. The van der Waals surface area contributed by atoms with Crippen LogP contribution in [0.3, 0.4) is 0 Å². The van der Waals surface area contributed by atoms with Crippen molar-refractivity contribution in [1.82, 2.24) is 26.3 Å². The van der Waals surface area contributed by atoms with Gasteiger partial charge in [-0.25, -0.2) is 14.6 Å². The van der Waals surface area contributed by atoms with Gasteiger partial charge in [-0.05, 0) is 49.7 Å². The average Bonchev–Trinajstić information content (AvgIpc) is 2.98. The summed E-state index contributed by atoms with van der Waals surface area (Å²) in [4.78, 5) is 81.0. The van der Waals surface area contributed by atoms with E-state index < -0.39 is 59.7 Å². The number of esters is 2. The van der Waals surface area contributed by atoms with Gasteiger partial charge >= 0.3 is 11.9 Å². The van der Waals surface area contributed by atoms with Gasteiger partial charge in [0.2, 0.25) is 11.8 Å². The number of amides is 4. The van der Waals surface area contributed by atoms with Crippen LogP contribution in [0.25, 0.3) is 0 Å². The number of hydrogen-bond acceptors (Lipinski definition) is 9. The molecule has 4 unspecified atom stereocenters. The monoisotopic (exact) mass is 619 g/mol. The molecular formula is C31H49N5O8. The van der Waals surface area contributed by atoms with Crippen LogP contribution in [0.5, 0.6) is 0 Å². The van der Waals surface area contributed by atoms with Crippen LogP contribution < -0.4 is 21.3 Å². The molecule has 0 spiro atoms. The standard InChI is InChI=1S/C31H49N5O8/c1-9-12-22(30(41)43-7)33-28(39)24(16-18(3)4)35-26(37)20-14-11-15-21(32-20)27(38)36-25(17-19(5)6)29(40)34-23(13-10-2)31(42)44-8/h11,14-15,18-19,22-25H,9-10,12-13,16-17H2,1-8H3,(H,33,39)(H,34,40)(H,35,37)(H,36,38). The summed E-state index contributed by atoms with van der Waals surface area (Å²) < 4.78 is 9.57. The van der Waals surface area contributed by atoms with E-state index >= 15 is 0 Å². The molecule has 0 bridgehead atoms. The van der Waals surface area contributed by atoms with Crippen LogP contribution >= 0.6 is 0 Å². The summed E-state index contributed by atoms with van der Waals surface area (Å²) in [6.45, 7) is 11.3. The minimum atomic E-state index is -0.976. The van der Waals surface area contributed by atoms with E-state index in [1.54, 1.807) is 0 Å². The van der Waals surface area contributed by atoms with Gasteiger partial charge in [0.05, 0.1) is 14.2 Å². The number of carbonyl (C=O) groups excluding carboxylic acids is 6. The predicted molar refractivity (Wildman–Crippen MR) is 163 cm³/mol. The number of hydrogen-bond donors (Lipinski definition) is 4. The lowest BCUT2D eigenvalue weighted by Crippen LogP contribution is -2.52. The molecule has 4 atom stereocenters. The predicted octanol–water partition coefficient (Wildman–Crippen LogP) is 2.29. The molecule has 44 heavy (non-hydrogen) atoms. The van der Waals surface area contributed by atoms with E-state index in [0.717, 1.165) is 0 Å². The first kappa shape index (κ1) is 38.0. The molecule has 0 radical (unpaired) electrons. The number of nitrogens with one attached hydrogen (secondary N) is 4. The highest BCUT2D eigenvalue weighted by atomic mass is 16.5. The van der Waals surface area contributed by atoms with E-state index in [4.69, 9.17) is 9.47 Å². The second-order valence-electron chi connectivity index (χ2n) is 11.5. The molecule has 0 aliphatic carbocycles. The summed E-state index contributed by atoms with van der Waals surface area (Å²) in [5, 5.41) is 10.7. The Morgan fingerprint density at radius 3 is 1.30 bits per heavy atom. The summed E-state index contributed by atoms with van der Waals surface area (Å²) in [6.07, 6.45) is 2.58. The van der Waals surface area contributed by atoms with Gasteiger partial charge in [0.1, 0.15) is 35.6 Å². The van der Waals surface area contributed by atoms with Gasteiger partial charge < -0.3 is 30.7 Å². The number of nitrogens with zero attached hydrogens (tertiary/aromatic N) is 1. The minimum absolute atomic E-state index is 0.0269. The third kappa shape index (κ3) is 12.7. The Morgan fingerprint density at radius 1 is 0.636 bits per heavy atom. The Labute approximate surface area is 260 Å². The highest BCUT2D eigenvalue weighted by Crippen LogP contribution is 2.11. The molecule has 13 heteroatoms. The molecule has 0 saturated carbocycles. The molecule has 0 aliphatic heterocycles. The lowest BCUT2D eigenvalue weighted by atomic mass is 10.0. The van der Waals surface area contributed by atoms with Crippen molar-refractivity contribution >= 4 is 35.6 Å². The zero-order valence-electron chi connectivity index (χ0n) is 27.2. The van der Waals surface area contributed by atoms with Gasteiger partial charge in [0.15, 0.2) is 0 Å². The van der Waals surface area contributed by atoms with E-state index in [0.29, 0.717) is 25.7 Å². The van der Waals surface area contributed by atoms with Crippen LogP contribution in [0.2, 0.25) is 0 Å². The molecule has 1 rings (SSSR count). The molecule has 1 heterocycles. The van der Waals surface area contributed by atoms with Crippen molar-refractivity contribution in [3.8, 4) is 0 Å². The highest BCUT2D eigenvalue weighted by molar-refractivity contribution is 6.00. The summed E-state index contributed by atoms with van der Waals surface area (Å²) >= 11 is 0. The smallest absolute Gasteiger partial charge is 0.328 e. The first-order valence-corrected chi connectivity index (χ1v) is 15.1. The molecule has 246 valence electrons. The van der Waals surface area contributed by atoms with E-state index in [2.05, 4.69) is 26.3 Å². The lowest BCUT2D eigenvalue weighted by molar-refractivity contribution is -0.145. The second kappa shape index (κ2) is 19.3. The van der Waals surface area contributed by atoms with Crippen molar-refractivity contribution < 1.29 is 38.2 Å². The lowest BCUT2D eigenvalue weighted by Gasteiger charge is -2.23. The number of ether oxygens (including phenoxy) is 2. The molecule has 0 aliphatic rings. The van der Waals surface area contributed by atoms with Crippen LogP contribution in [0.15, 0.2) is 18.2 Å². The number of pyridine rings is 1. The molecule has 13 nitrogen and oxygen atoms in total. The van der Waals surface area contributed by atoms with Gasteiger partial charge in [-0.3, -0.25) is 19.2 Å². The summed E-state index contributed by atoms with van der Waals surface area (Å²) in [5.74, 6) is -3.57. The maximum absolute atomic E-state index is 13.2. The number of methoxy groups -OCH3 is 2. The summed E-state index contributed by atoms with van der Waals surface area (Å²) in [7, 11) is 2.48. The van der Waals surface area contributed by atoms with Gasteiger partial charge in [-0.15, -0.1) is 0 Å². The SMILES string of the molecule is CCCC(NC(=O)C(CC(C)C)NC(=O)c1cccc(C(=O)NC(CC(C)C)C(=O)NC(CCC)C(=O)OC)n1)C(=O)OC. The maximum Gasteiger partial charge on any atom is 0.328 e. The van der Waals surface area contributed by atoms with Gasteiger partial charge in [-0.1, -0.05) is 60.5 Å². The van der Waals surface area contributed by atoms with E-state index in [9.17, 15) is 28.8 Å². The fraction of sp³-hybridized carbons (Fsp3) is 0.645. The Hall–Kier alpha value is -4.03. The Balaban J connectivity index is 3.13. The minimum Gasteiger partial charge on any atom is -0.467 e. The molecule has 4 amide bonds. The first-order valence-electron chi connectivity index (χ1n) is 15.1. The summed E-state index contributed by atoms with van der Waals surface area (Å²) in [5.41, 5.74) is -0.230. The van der Waals surface area contributed by atoms with Crippen LogP contribution in [0.4, 0.5) is 0 Å². The third-order valence-electron chi connectivity index (χ3n) is 6.63. The van der Waals surface area contributed by atoms with Crippen molar-refractivity contribution in [1.29, 1.82) is 0 Å². The molecule has 1 aromatic rings. The van der Waals surface area contributed by atoms with Gasteiger partial charge in [0.25, 0.3) is 11.8 Å². The number of carbonyl (C=O) groups is 6. The van der Waals surface area contributed by atoms with Crippen LogP contribution in [-0.4, -0.2) is 78.9 Å². The van der Waals surface area contributed by atoms with Crippen molar-refractivity contribution in [2.75, 3.05) is 14.2 Å². The number of rotatable bonds is 18. The van der Waals surface area contributed by atoms with Crippen molar-refractivity contribution in [3.63, 3.8) is 0 Å². The van der Waals surface area contributed by atoms with E-state index in [1.807, 2.05) is 41.5 Å². The average molecular weight is 620 g/mol. The third-order valence-corrected chi connectivity index (χ3v) is 6.63. The van der Waals surface area contributed by atoms with Crippen molar-refractivity contribution in [3.05, 3.63) is 29.6 Å². The normalized spacial score (nSPS) is 13.7. The maximum atomic E-state index is 13.2. The molecule has 1 aromatic heterocycles. The van der Waals surface area contributed by atoms with E-state index in [1.165, 1.54) is 32.4 Å². The Bertz CT molecular complexity index is 1060. The molecule has 4 N–H and O–H groups in total. The molecule has 0 saturated heterocycles. The van der Waals surface area contributed by atoms with E-state index in [-0.39, 0.29) is 36.1 Å². The zero-order valence-corrected chi connectivity index (χ0v) is 27.2. The second-order valence-corrected chi connectivity index (χ2v) is 11.5. The Morgan fingerprint density at radius 2 is 1.00 bits per heavy atom. The quantitative estimate of drug-likeness (QED) is 0.179. The fourth-order valence-electron chi connectivity index (χ4n) is 4.46. The Kier molecular flexibility index (Phi) is 16.7. The molecule has 0 aromatic carbocycles. The van der Waals surface area contributed by atoms with Crippen LogP contribution in [0, 0.1) is 11.8 Å². The zero-order chi connectivity index (χ0) is 33.4. The largest absolute Gasteiger partial charge is 0.467 e.